The summed E-state index contributed by atoms with van der Waals surface area (Å²) in [5.41, 5.74) is 0.245. The van der Waals surface area contributed by atoms with Crippen molar-refractivity contribution in [1.29, 1.82) is 0 Å². The van der Waals surface area contributed by atoms with Gasteiger partial charge in [-0.1, -0.05) is 17.5 Å². The average Bonchev–Trinajstić information content (AvgIpc) is 3.39. The number of nitrogens with zero attached hydrogens (tertiary/aromatic N) is 2. The summed E-state index contributed by atoms with van der Waals surface area (Å²) in [6.45, 7) is 4.37. The van der Waals surface area contributed by atoms with Crippen LogP contribution >= 0.6 is 11.6 Å². The first kappa shape index (κ1) is 26.5. The highest BCUT2D eigenvalue weighted by Gasteiger charge is 2.33. The van der Waals surface area contributed by atoms with E-state index in [-0.39, 0.29) is 11.5 Å². The van der Waals surface area contributed by atoms with Gasteiger partial charge in [-0.25, -0.2) is 4.98 Å². The highest BCUT2D eigenvalue weighted by Crippen LogP contribution is 2.33. The van der Waals surface area contributed by atoms with E-state index in [0.29, 0.717) is 41.7 Å². The van der Waals surface area contributed by atoms with Crippen LogP contribution in [0.5, 0.6) is 5.75 Å². The molecule has 37 heavy (non-hydrogen) atoms. The lowest BCUT2D eigenvalue weighted by molar-refractivity contribution is -0.140. The lowest BCUT2D eigenvalue weighted by Gasteiger charge is -2.26. The van der Waals surface area contributed by atoms with Crippen LogP contribution in [0.1, 0.15) is 17.7 Å². The molecule has 7 nitrogen and oxygen atoms in total. The maximum Gasteiger partial charge on any atom is 0.432 e. The molecule has 0 aliphatic carbocycles. The molecule has 2 heterocycles. The van der Waals surface area contributed by atoms with E-state index >= 15 is 0 Å². The number of alkyl halides is 3. The SMILES string of the molecule is O=C(C#Cc1ccc(Cl)cc1)Nc1cc(-c2ncc(C(F)(F)F)[nH]2)ccc1OCCCN1CCOCC1. The van der Waals surface area contributed by atoms with Crippen molar-refractivity contribution in [3.8, 4) is 29.0 Å². The lowest BCUT2D eigenvalue weighted by Crippen LogP contribution is -2.37. The first-order valence-electron chi connectivity index (χ1n) is 11.6. The molecule has 1 amide bonds. The van der Waals surface area contributed by atoms with Crippen LogP contribution in [0, 0.1) is 11.8 Å². The molecule has 0 atom stereocenters. The predicted octanol–water partition coefficient (Wildman–Crippen LogP) is 4.84. The van der Waals surface area contributed by atoms with Crippen LogP contribution in [-0.4, -0.2) is 60.2 Å². The summed E-state index contributed by atoms with van der Waals surface area (Å²) in [5.74, 6) is 5.01. The number of hydrogen-bond donors (Lipinski definition) is 2. The van der Waals surface area contributed by atoms with Gasteiger partial charge in [0.2, 0.25) is 0 Å². The van der Waals surface area contributed by atoms with E-state index in [1.807, 2.05) is 0 Å². The minimum Gasteiger partial charge on any atom is -0.491 e. The number of aromatic amines is 1. The van der Waals surface area contributed by atoms with Gasteiger partial charge in [0.15, 0.2) is 0 Å². The van der Waals surface area contributed by atoms with Gasteiger partial charge in [-0.2, -0.15) is 13.2 Å². The number of H-pyrrole nitrogens is 1. The Kier molecular flexibility index (Phi) is 8.71. The summed E-state index contributed by atoms with van der Waals surface area (Å²) < 4.78 is 50.3. The van der Waals surface area contributed by atoms with Crippen molar-refractivity contribution < 1.29 is 27.4 Å². The Morgan fingerprint density at radius 1 is 1.19 bits per heavy atom. The van der Waals surface area contributed by atoms with Gasteiger partial charge < -0.3 is 19.8 Å². The molecule has 0 unspecified atom stereocenters. The van der Waals surface area contributed by atoms with Crippen molar-refractivity contribution in [2.24, 2.45) is 0 Å². The second-order valence-electron chi connectivity index (χ2n) is 8.22. The molecular formula is C26H24ClF3N4O3. The minimum absolute atomic E-state index is 0.00828. The quantitative estimate of drug-likeness (QED) is 0.336. The summed E-state index contributed by atoms with van der Waals surface area (Å²) >= 11 is 5.87. The van der Waals surface area contributed by atoms with E-state index in [9.17, 15) is 18.0 Å². The third-order valence-corrected chi connectivity index (χ3v) is 5.78. The standard InChI is InChI=1S/C26H24ClF3N4O3/c27-20-6-2-18(3-7-20)4-9-24(35)32-21-16-19(25-31-17-23(33-25)26(28,29)30)5-8-22(21)37-13-1-10-34-11-14-36-15-12-34/h2-3,5-8,16-17H,1,10-15H2,(H,31,33)(H,32,35). The van der Waals surface area contributed by atoms with Crippen LogP contribution in [0.25, 0.3) is 11.4 Å². The van der Waals surface area contributed by atoms with Gasteiger partial charge in [0, 0.05) is 41.7 Å². The number of imidazole rings is 1. The first-order chi connectivity index (χ1) is 17.8. The van der Waals surface area contributed by atoms with Crippen molar-refractivity contribution in [1.82, 2.24) is 14.9 Å². The Balaban J connectivity index is 1.49. The molecule has 1 aliphatic rings. The fourth-order valence-electron chi connectivity index (χ4n) is 3.62. The van der Waals surface area contributed by atoms with E-state index < -0.39 is 17.8 Å². The predicted molar refractivity (Wildman–Crippen MR) is 133 cm³/mol. The van der Waals surface area contributed by atoms with Crippen molar-refractivity contribution in [2.75, 3.05) is 44.8 Å². The van der Waals surface area contributed by atoms with E-state index in [1.165, 1.54) is 6.07 Å². The van der Waals surface area contributed by atoms with Crippen LogP contribution in [0.15, 0.2) is 48.7 Å². The van der Waals surface area contributed by atoms with E-state index in [4.69, 9.17) is 21.1 Å². The van der Waals surface area contributed by atoms with E-state index in [1.54, 1.807) is 36.4 Å². The Labute approximate surface area is 216 Å². The Morgan fingerprint density at radius 2 is 1.95 bits per heavy atom. The third kappa shape index (κ3) is 7.73. The van der Waals surface area contributed by atoms with Crippen LogP contribution in [0.2, 0.25) is 5.02 Å². The van der Waals surface area contributed by atoms with Crippen molar-refractivity contribution in [2.45, 2.75) is 12.6 Å². The van der Waals surface area contributed by atoms with Gasteiger partial charge in [-0.3, -0.25) is 9.69 Å². The van der Waals surface area contributed by atoms with Gasteiger partial charge in [0.25, 0.3) is 0 Å². The molecule has 1 aromatic heterocycles. The number of amides is 1. The van der Waals surface area contributed by atoms with Gasteiger partial charge in [-0.05, 0) is 48.9 Å². The van der Waals surface area contributed by atoms with Crippen LogP contribution in [-0.2, 0) is 15.7 Å². The Hall–Kier alpha value is -3.52. The number of anilines is 1. The van der Waals surface area contributed by atoms with Gasteiger partial charge >= 0.3 is 12.1 Å². The lowest BCUT2D eigenvalue weighted by atomic mass is 10.1. The van der Waals surface area contributed by atoms with Crippen molar-refractivity contribution >= 4 is 23.2 Å². The number of morpholine rings is 1. The molecule has 0 bridgehead atoms. The zero-order valence-corrected chi connectivity index (χ0v) is 20.5. The highest BCUT2D eigenvalue weighted by molar-refractivity contribution is 6.30. The number of benzene rings is 2. The molecule has 0 radical (unpaired) electrons. The molecule has 194 valence electrons. The number of halogens is 4. The first-order valence-corrected chi connectivity index (χ1v) is 11.9. The second kappa shape index (κ2) is 12.1. The topological polar surface area (TPSA) is 79.5 Å². The summed E-state index contributed by atoms with van der Waals surface area (Å²) in [6, 6.07) is 11.3. The summed E-state index contributed by atoms with van der Waals surface area (Å²) in [7, 11) is 0. The Morgan fingerprint density at radius 3 is 2.65 bits per heavy atom. The van der Waals surface area contributed by atoms with Crippen LogP contribution in [0.4, 0.5) is 18.9 Å². The third-order valence-electron chi connectivity index (χ3n) is 5.53. The van der Waals surface area contributed by atoms with Gasteiger partial charge in [-0.15, -0.1) is 0 Å². The van der Waals surface area contributed by atoms with Crippen LogP contribution in [0.3, 0.4) is 0 Å². The van der Waals surface area contributed by atoms with Crippen molar-refractivity contribution in [3.05, 3.63) is 64.9 Å². The molecule has 1 fully saturated rings. The Bertz CT molecular complexity index is 1280. The number of nitrogens with one attached hydrogen (secondary N) is 2. The molecule has 3 aromatic rings. The van der Waals surface area contributed by atoms with E-state index in [2.05, 4.69) is 32.0 Å². The molecule has 4 rings (SSSR count). The number of carbonyl (C=O) groups is 1. The van der Waals surface area contributed by atoms with E-state index in [0.717, 1.165) is 32.3 Å². The molecule has 2 N–H and O–H groups in total. The van der Waals surface area contributed by atoms with Gasteiger partial charge in [0.1, 0.15) is 17.3 Å². The molecule has 1 aliphatic heterocycles. The largest absolute Gasteiger partial charge is 0.491 e. The molecular weight excluding hydrogens is 509 g/mol. The van der Waals surface area contributed by atoms with Gasteiger partial charge in [0.05, 0.1) is 31.7 Å². The number of rotatable bonds is 7. The van der Waals surface area contributed by atoms with Crippen molar-refractivity contribution in [3.63, 3.8) is 0 Å². The highest BCUT2D eigenvalue weighted by atomic mass is 35.5. The molecule has 2 aromatic carbocycles. The average molecular weight is 533 g/mol. The minimum atomic E-state index is -4.55. The maximum atomic E-state index is 13.0. The monoisotopic (exact) mass is 532 g/mol. The zero-order valence-electron chi connectivity index (χ0n) is 19.7. The number of carbonyl (C=O) groups excluding carboxylic acids is 1. The number of ether oxygens (including phenoxy) is 2. The summed E-state index contributed by atoms with van der Waals surface area (Å²) in [5, 5.41) is 3.23. The molecule has 1 saturated heterocycles. The maximum absolute atomic E-state index is 13.0. The van der Waals surface area contributed by atoms with Crippen LogP contribution < -0.4 is 10.1 Å². The smallest absolute Gasteiger partial charge is 0.432 e. The normalized spacial score (nSPS) is 14.1. The second-order valence-corrected chi connectivity index (χ2v) is 8.66. The summed E-state index contributed by atoms with van der Waals surface area (Å²) in [4.78, 5) is 20.9. The molecule has 11 heteroatoms. The fraction of sp³-hybridized carbons (Fsp3) is 0.308. The number of hydrogen-bond acceptors (Lipinski definition) is 5. The zero-order chi connectivity index (χ0) is 26.3. The summed E-state index contributed by atoms with van der Waals surface area (Å²) in [6.07, 6.45) is -3.08. The number of aromatic nitrogens is 2. The fourth-order valence-corrected chi connectivity index (χ4v) is 3.75. The molecule has 0 spiro atoms. The molecule has 0 saturated carbocycles.